The standard InChI is InChI=1S/C21H18FN7OS/c1-12-18-17(15-7-8-23-24-11-15)26-19(20-25-13(2)27-31-20)29(18)10-9-28(12)21(30)14-3-5-16(22)6-4-14/h3-8,11-12H,9-10H2,1-2H3/t12-/m1/s1. The molecule has 5 rings (SSSR count). The van der Waals surface area contributed by atoms with Crippen LogP contribution in [0.1, 0.15) is 34.8 Å². The van der Waals surface area contributed by atoms with Crippen LogP contribution in [0.15, 0.2) is 42.7 Å². The summed E-state index contributed by atoms with van der Waals surface area (Å²) < 4.78 is 19.7. The largest absolute Gasteiger partial charge is 0.329 e. The molecular formula is C21H18FN7OS. The lowest BCUT2D eigenvalue weighted by Gasteiger charge is -2.35. The van der Waals surface area contributed by atoms with Gasteiger partial charge in [0.2, 0.25) is 0 Å². The van der Waals surface area contributed by atoms with Crippen LogP contribution in [-0.4, -0.2) is 46.5 Å². The molecule has 3 aromatic heterocycles. The molecule has 0 spiro atoms. The maximum absolute atomic E-state index is 13.3. The Hall–Kier alpha value is -3.53. The molecule has 1 aliphatic rings. The van der Waals surface area contributed by atoms with Gasteiger partial charge in [0.1, 0.15) is 11.6 Å². The van der Waals surface area contributed by atoms with Crippen LogP contribution in [0.5, 0.6) is 0 Å². The first-order valence-electron chi connectivity index (χ1n) is 9.77. The fraction of sp³-hybridized carbons (Fsp3) is 0.238. The highest BCUT2D eigenvalue weighted by Crippen LogP contribution is 2.38. The number of amides is 1. The van der Waals surface area contributed by atoms with Gasteiger partial charge in [-0.3, -0.25) is 4.79 Å². The predicted molar refractivity (Wildman–Crippen MR) is 113 cm³/mol. The van der Waals surface area contributed by atoms with E-state index in [0.717, 1.165) is 27.8 Å². The van der Waals surface area contributed by atoms with Crippen molar-refractivity contribution < 1.29 is 9.18 Å². The highest BCUT2D eigenvalue weighted by molar-refractivity contribution is 7.09. The molecule has 0 fully saturated rings. The van der Waals surface area contributed by atoms with Crippen molar-refractivity contribution in [1.82, 2.24) is 34.0 Å². The maximum Gasteiger partial charge on any atom is 0.254 e. The zero-order valence-electron chi connectivity index (χ0n) is 16.9. The Kier molecular flexibility index (Phi) is 4.78. The first-order valence-corrected chi connectivity index (χ1v) is 10.5. The highest BCUT2D eigenvalue weighted by Gasteiger charge is 2.34. The summed E-state index contributed by atoms with van der Waals surface area (Å²) in [7, 11) is 0. The Morgan fingerprint density at radius 3 is 2.61 bits per heavy atom. The molecule has 1 aromatic carbocycles. The molecule has 156 valence electrons. The van der Waals surface area contributed by atoms with Crippen LogP contribution >= 0.6 is 11.5 Å². The topological polar surface area (TPSA) is 89.7 Å². The van der Waals surface area contributed by atoms with E-state index in [9.17, 15) is 9.18 Å². The number of halogens is 1. The van der Waals surface area contributed by atoms with Gasteiger partial charge in [-0.05, 0) is 55.7 Å². The van der Waals surface area contributed by atoms with Crippen molar-refractivity contribution in [3.8, 4) is 22.1 Å². The number of imidazole rings is 1. The van der Waals surface area contributed by atoms with Gasteiger partial charge in [-0.2, -0.15) is 14.6 Å². The van der Waals surface area contributed by atoms with Crippen molar-refractivity contribution in [2.75, 3.05) is 6.54 Å². The number of hydrogen-bond acceptors (Lipinski definition) is 7. The third-order valence-electron chi connectivity index (χ3n) is 5.36. The predicted octanol–water partition coefficient (Wildman–Crippen LogP) is 3.52. The van der Waals surface area contributed by atoms with E-state index in [1.54, 1.807) is 17.3 Å². The summed E-state index contributed by atoms with van der Waals surface area (Å²) in [5.74, 6) is 0.910. The van der Waals surface area contributed by atoms with Gasteiger partial charge < -0.3 is 9.47 Å². The van der Waals surface area contributed by atoms with Gasteiger partial charge in [0.15, 0.2) is 10.8 Å². The summed E-state index contributed by atoms with van der Waals surface area (Å²) in [6.07, 6.45) is 3.27. The number of benzene rings is 1. The minimum absolute atomic E-state index is 0.146. The second-order valence-corrected chi connectivity index (χ2v) is 8.03. The molecular weight excluding hydrogens is 417 g/mol. The molecule has 10 heteroatoms. The van der Waals surface area contributed by atoms with Gasteiger partial charge in [-0.25, -0.2) is 14.4 Å². The van der Waals surface area contributed by atoms with Crippen LogP contribution in [0.25, 0.3) is 22.1 Å². The third-order valence-corrected chi connectivity index (χ3v) is 6.17. The van der Waals surface area contributed by atoms with Gasteiger partial charge in [0.05, 0.1) is 29.8 Å². The van der Waals surface area contributed by atoms with Gasteiger partial charge in [-0.1, -0.05) is 0 Å². The van der Waals surface area contributed by atoms with Crippen LogP contribution in [0.2, 0.25) is 0 Å². The monoisotopic (exact) mass is 435 g/mol. The first kappa shape index (κ1) is 19.4. The molecule has 0 bridgehead atoms. The van der Waals surface area contributed by atoms with Crippen LogP contribution in [-0.2, 0) is 6.54 Å². The van der Waals surface area contributed by atoms with Crippen LogP contribution in [0.3, 0.4) is 0 Å². The number of aryl methyl sites for hydroxylation is 1. The molecule has 31 heavy (non-hydrogen) atoms. The van der Waals surface area contributed by atoms with E-state index >= 15 is 0 Å². The Balaban J connectivity index is 1.61. The van der Waals surface area contributed by atoms with Gasteiger partial charge in [-0.15, -0.1) is 0 Å². The van der Waals surface area contributed by atoms with E-state index in [2.05, 4.69) is 24.1 Å². The van der Waals surface area contributed by atoms with E-state index in [-0.39, 0.29) is 17.8 Å². The highest BCUT2D eigenvalue weighted by atomic mass is 32.1. The number of aromatic nitrogens is 6. The van der Waals surface area contributed by atoms with E-state index in [1.807, 2.05) is 19.9 Å². The van der Waals surface area contributed by atoms with Crippen LogP contribution < -0.4 is 0 Å². The summed E-state index contributed by atoms with van der Waals surface area (Å²) in [4.78, 5) is 24.4. The molecule has 0 radical (unpaired) electrons. The molecule has 1 amide bonds. The van der Waals surface area contributed by atoms with Crippen molar-refractivity contribution >= 4 is 17.4 Å². The molecule has 0 saturated carbocycles. The quantitative estimate of drug-likeness (QED) is 0.489. The van der Waals surface area contributed by atoms with E-state index in [4.69, 9.17) is 4.98 Å². The molecule has 8 nitrogen and oxygen atoms in total. The smallest absolute Gasteiger partial charge is 0.254 e. The summed E-state index contributed by atoms with van der Waals surface area (Å²) >= 11 is 1.30. The maximum atomic E-state index is 13.3. The summed E-state index contributed by atoms with van der Waals surface area (Å²) in [6.45, 7) is 4.88. The number of rotatable bonds is 3. The lowest BCUT2D eigenvalue weighted by Crippen LogP contribution is -2.41. The lowest BCUT2D eigenvalue weighted by atomic mass is 10.0. The van der Waals surface area contributed by atoms with Gasteiger partial charge in [0.25, 0.3) is 5.91 Å². The fourth-order valence-electron chi connectivity index (χ4n) is 3.89. The zero-order chi connectivity index (χ0) is 21.5. The van der Waals surface area contributed by atoms with E-state index in [1.165, 1.54) is 35.8 Å². The average Bonchev–Trinajstić information content (AvgIpc) is 3.39. The van der Waals surface area contributed by atoms with E-state index < -0.39 is 0 Å². The minimum atomic E-state index is -0.370. The second-order valence-electron chi connectivity index (χ2n) is 7.28. The molecule has 1 atom stereocenters. The van der Waals surface area contributed by atoms with Crippen molar-refractivity contribution in [2.45, 2.75) is 26.4 Å². The zero-order valence-corrected chi connectivity index (χ0v) is 17.7. The van der Waals surface area contributed by atoms with Crippen LogP contribution in [0, 0.1) is 12.7 Å². The molecule has 0 saturated heterocycles. The number of fused-ring (bicyclic) bond motifs is 1. The van der Waals surface area contributed by atoms with Gasteiger partial charge >= 0.3 is 0 Å². The van der Waals surface area contributed by atoms with Crippen molar-refractivity contribution in [3.63, 3.8) is 0 Å². The number of hydrogen-bond donors (Lipinski definition) is 0. The Morgan fingerprint density at radius 2 is 1.94 bits per heavy atom. The Morgan fingerprint density at radius 1 is 1.13 bits per heavy atom. The number of carbonyl (C=O) groups excluding carboxylic acids is 1. The van der Waals surface area contributed by atoms with Crippen molar-refractivity contribution in [3.05, 3.63) is 65.6 Å². The van der Waals surface area contributed by atoms with Gasteiger partial charge in [0, 0.05) is 24.2 Å². The third kappa shape index (κ3) is 3.38. The summed E-state index contributed by atoms with van der Waals surface area (Å²) in [5.41, 5.74) is 2.90. The molecule has 0 aliphatic carbocycles. The van der Waals surface area contributed by atoms with E-state index in [0.29, 0.717) is 24.5 Å². The van der Waals surface area contributed by atoms with Crippen molar-refractivity contribution in [1.29, 1.82) is 0 Å². The number of carbonyl (C=O) groups is 1. The molecule has 4 heterocycles. The minimum Gasteiger partial charge on any atom is -0.329 e. The second kappa shape index (κ2) is 7.62. The molecule has 0 N–H and O–H groups in total. The SMILES string of the molecule is Cc1nsc(-c2nc(-c3ccnnc3)c3n2CCN(C(=O)c2ccc(F)cc2)[C@@H]3C)n1. The van der Waals surface area contributed by atoms with Crippen LogP contribution in [0.4, 0.5) is 4.39 Å². The van der Waals surface area contributed by atoms with Crippen molar-refractivity contribution in [2.24, 2.45) is 0 Å². The summed E-state index contributed by atoms with van der Waals surface area (Å²) in [6, 6.07) is 7.22. The molecule has 0 unspecified atom stereocenters. The fourth-order valence-corrected chi connectivity index (χ4v) is 4.56. The Bertz CT molecular complexity index is 1250. The number of nitrogens with zero attached hydrogens (tertiary/aromatic N) is 7. The average molecular weight is 435 g/mol. The normalized spacial score (nSPS) is 15.7. The first-order chi connectivity index (χ1) is 15.0. The summed E-state index contributed by atoms with van der Waals surface area (Å²) in [5, 5.41) is 8.58. The molecule has 4 aromatic rings. The molecule has 1 aliphatic heterocycles. The Labute approximate surface area is 181 Å². The lowest BCUT2D eigenvalue weighted by molar-refractivity contribution is 0.0645.